The molecule has 0 bridgehead atoms. The lowest BCUT2D eigenvalue weighted by Gasteiger charge is -2.29. The maximum absolute atomic E-state index is 15.1. The Hall–Kier alpha value is -2.94. The molecule has 34 heavy (non-hydrogen) atoms. The van der Waals surface area contributed by atoms with Gasteiger partial charge in [0.05, 0.1) is 25.9 Å². The number of methoxy groups -OCH3 is 2. The molecule has 2 aromatic rings. The summed E-state index contributed by atoms with van der Waals surface area (Å²) >= 11 is 0. The second-order valence-corrected chi connectivity index (χ2v) is 8.18. The first-order chi connectivity index (χ1) is 16.2. The predicted octanol–water partition coefficient (Wildman–Crippen LogP) is 4.12. The normalized spacial score (nSPS) is 13.9. The molecule has 7 nitrogen and oxygen atoms in total. The molecule has 3 atom stereocenters. The number of carboxylic acid groups (broad SMARTS) is 1. The van der Waals surface area contributed by atoms with E-state index in [-0.39, 0.29) is 41.4 Å². The summed E-state index contributed by atoms with van der Waals surface area (Å²) in [5.41, 5.74) is 1.04. The molecule has 0 aromatic heterocycles. The molecule has 2 rings (SSSR count). The van der Waals surface area contributed by atoms with Gasteiger partial charge in [0, 0.05) is 24.7 Å². The minimum Gasteiger partial charge on any atom is -0.492 e. The van der Waals surface area contributed by atoms with Crippen LogP contribution >= 0.6 is 0 Å². The van der Waals surface area contributed by atoms with Crippen LogP contribution in [0.1, 0.15) is 43.2 Å². The molecule has 0 aliphatic heterocycles. The number of aliphatic carboxylic acids is 1. The van der Waals surface area contributed by atoms with Crippen LogP contribution in [0.15, 0.2) is 43.0 Å². The minimum absolute atomic E-state index is 0.108. The molecule has 0 amide bonds. The maximum Gasteiger partial charge on any atom is 0.313 e. The fourth-order valence-corrected chi connectivity index (χ4v) is 3.92. The summed E-state index contributed by atoms with van der Waals surface area (Å²) in [6.45, 7) is 7.69. The molecule has 0 spiro atoms. The van der Waals surface area contributed by atoms with Crippen LogP contribution in [0.3, 0.4) is 0 Å². The van der Waals surface area contributed by atoms with Crippen molar-refractivity contribution >= 4 is 5.97 Å². The van der Waals surface area contributed by atoms with E-state index in [2.05, 4.69) is 6.58 Å². The van der Waals surface area contributed by atoms with Crippen molar-refractivity contribution in [1.82, 2.24) is 0 Å². The fourth-order valence-electron chi connectivity index (χ4n) is 3.92. The minimum atomic E-state index is -1.49. The monoisotopic (exact) mass is 476 g/mol. The van der Waals surface area contributed by atoms with Gasteiger partial charge in [0.25, 0.3) is 0 Å². The largest absolute Gasteiger partial charge is 0.492 e. The van der Waals surface area contributed by atoms with Crippen molar-refractivity contribution in [3.05, 3.63) is 59.9 Å². The number of hydrogen-bond donors (Lipinski definition) is 3. The average molecular weight is 477 g/mol. The number of aliphatic hydroxyl groups is 2. The van der Waals surface area contributed by atoms with Gasteiger partial charge in [-0.3, -0.25) is 4.79 Å². The van der Waals surface area contributed by atoms with E-state index >= 15 is 4.39 Å². The molecule has 186 valence electrons. The average Bonchev–Trinajstić information content (AvgIpc) is 2.79. The number of ether oxygens (including phenoxy) is 3. The first-order valence-electron chi connectivity index (χ1n) is 11.0. The molecule has 0 aliphatic carbocycles. The Morgan fingerprint density at radius 1 is 1.18 bits per heavy atom. The Labute approximate surface area is 199 Å². The Kier molecular flexibility index (Phi) is 10.0. The summed E-state index contributed by atoms with van der Waals surface area (Å²) in [6, 6.07) is 7.59. The van der Waals surface area contributed by atoms with Crippen LogP contribution < -0.4 is 9.47 Å². The number of rotatable bonds is 13. The van der Waals surface area contributed by atoms with Crippen molar-refractivity contribution in [2.75, 3.05) is 27.4 Å². The van der Waals surface area contributed by atoms with Crippen LogP contribution in [-0.2, 0) is 9.53 Å². The predicted molar refractivity (Wildman–Crippen MR) is 127 cm³/mol. The van der Waals surface area contributed by atoms with E-state index < -0.39 is 29.9 Å². The topological polar surface area (TPSA) is 105 Å². The maximum atomic E-state index is 15.1. The Bertz CT molecular complexity index is 989. The lowest BCUT2D eigenvalue weighted by molar-refractivity contribution is -0.142. The summed E-state index contributed by atoms with van der Waals surface area (Å²) in [5, 5.41) is 31.1. The summed E-state index contributed by atoms with van der Waals surface area (Å²) in [6.07, 6.45) is -1.65. The number of carboxylic acids is 1. The number of hydrogen-bond acceptors (Lipinski definition) is 6. The SMILES string of the molecule is C=CC(O)CC(O)C(C(=O)O)c1c(C(C)C)cc(OCCOC)c(OC)c1-c1ccccc1F. The fraction of sp³-hybridized carbons (Fsp3) is 0.423. The molecule has 8 heteroatoms. The molecule has 0 saturated carbocycles. The van der Waals surface area contributed by atoms with E-state index in [4.69, 9.17) is 14.2 Å². The molecule has 0 heterocycles. The Morgan fingerprint density at radius 2 is 1.85 bits per heavy atom. The van der Waals surface area contributed by atoms with E-state index in [9.17, 15) is 20.1 Å². The van der Waals surface area contributed by atoms with Gasteiger partial charge in [-0.2, -0.15) is 0 Å². The zero-order valence-corrected chi connectivity index (χ0v) is 20.0. The van der Waals surface area contributed by atoms with Gasteiger partial charge in [-0.05, 0) is 29.2 Å². The first-order valence-corrected chi connectivity index (χ1v) is 11.0. The highest BCUT2D eigenvalue weighted by atomic mass is 19.1. The van der Waals surface area contributed by atoms with E-state index in [1.807, 2.05) is 13.8 Å². The van der Waals surface area contributed by atoms with Crippen molar-refractivity contribution < 1.29 is 38.7 Å². The second kappa shape index (κ2) is 12.5. The number of carbonyl (C=O) groups is 1. The molecule has 0 fully saturated rings. The van der Waals surface area contributed by atoms with Crippen molar-refractivity contribution in [3.63, 3.8) is 0 Å². The van der Waals surface area contributed by atoms with Crippen LogP contribution in [-0.4, -0.2) is 60.9 Å². The third-order valence-electron chi connectivity index (χ3n) is 5.55. The van der Waals surface area contributed by atoms with E-state index in [0.29, 0.717) is 17.9 Å². The molecule has 0 radical (unpaired) electrons. The quantitative estimate of drug-likeness (QED) is 0.295. The summed E-state index contributed by atoms with van der Waals surface area (Å²) < 4.78 is 31.6. The summed E-state index contributed by atoms with van der Waals surface area (Å²) in [4.78, 5) is 12.5. The highest BCUT2D eigenvalue weighted by Crippen LogP contribution is 2.48. The zero-order valence-electron chi connectivity index (χ0n) is 20.0. The molecule has 0 aliphatic rings. The summed E-state index contributed by atoms with van der Waals surface area (Å²) in [7, 11) is 2.92. The van der Waals surface area contributed by atoms with Gasteiger partial charge in [0.1, 0.15) is 18.3 Å². The molecular weight excluding hydrogens is 443 g/mol. The van der Waals surface area contributed by atoms with Crippen LogP contribution in [0.5, 0.6) is 11.5 Å². The van der Waals surface area contributed by atoms with Gasteiger partial charge in [0.15, 0.2) is 11.5 Å². The van der Waals surface area contributed by atoms with Crippen LogP contribution in [0.4, 0.5) is 4.39 Å². The van der Waals surface area contributed by atoms with E-state index in [1.54, 1.807) is 12.1 Å². The third kappa shape index (κ3) is 6.14. The molecule has 3 unspecified atom stereocenters. The molecule has 2 aromatic carbocycles. The van der Waals surface area contributed by atoms with Crippen molar-refractivity contribution in [2.24, 2.45) is 0 Å². The third-order valence-corrected chi connectivity index (χ3v) is 5.55. The van der Waals surface area contributed by atoms with Gasteiger partial charge in [0.2, 0.25) is 0 Å². The number of benzene rings is 2. The molecule has 0 saturated heterocycles. The van der Waals surface area contributed by atoms with Crippen LogP contribution in [0, 0.1) is 5.82 Å². The zero-order chi connectivity index (χ0) is 25.4. The van der Waals surface area contributed by atoms with Crippen molar-refractivity contribution in [1.29, 1.82) is 0 Å². The van der Waals surface area contributed by atoms with Gasteiger partial charge >= 0.3 is 5.97 Å². The van der Waals surface area contributed by atoms with Crippen LogP contribution in [0.2, 0.25) is 0 Å². The standard InChI is InChI=1S/C26H33FO7/c1-6-16(28)13-20(29)24(26(30)31)22-18(15(2)3)14-21(34-12-11-32-4)25(33-5)23(22)17-9-7-8-10-19(17)27/h6-10,14-16,20,24,28-29H,1,11-13H2,2-5H3,(H,30,31). The second-order valence-electron chi connectivity index (χ2n) is 8.18. The van der Waals surface area contributed by atoms with Crippen molar-refractivity contribution in [3.8, 4) is 22.6 Å². The van der Waals surface area contributed by atoms with Crippen molar-refractivity contribution in [2.45, 2.75) is 44.3 Å². The van der Waals surface area contributed by atoms with E-state index in [1.165, 1.54) is 38.5 Å². The number of halogens is 1. The lowest BCUT2D eigenvalue weighted by atomic mass is 9.79. The number of aliphatic hydroxyl groups excluding tert-OH is 2. The van der Waals surface area contributed by atoms with Gasteiger partial charge < -0.3 is 29.5 Å². The van der Waals surface area contributed by atoms with Gasteiger partial charge in [-0.15, -0.1) is 6.58 Å². The van der Waals surface area contributed by atoms with Gasteiger partial charge in [-0.25, -0.2) is 4.39 Å². The van der Waals surface area contributed by atoms with Gasteiger partial charge in [-0.1, -0.05) is 38.1 Å². The highest BCUT2D eigenvalue weighted by Gasteiger charge is 2.37. The smallest absolute Gasteiger partial charge is 0.313 e. The first kappa shape index (κ1) is 27.3. The molecular formula is C26H33FO7. The molecule has 3 N–H and O–H groups in total. The highest BCUT2D eigenvalue weighted by molar-refractivity contribution is 5.87. The Balaban J connectivity index is 2.94. The lowest BCUT2D eigenvalue weighted by Crippen LogP contribution is -2.31. The van der Waals surface area contributed by atoms with E-state index in [0.717, 1.165) is 0 Å². The Morgan fingerprint density at radius 3 is 2.38 bits per heavy atom. The van der Waals surface area contributed by atoms with Crippen LogP contribution in [0.25, 0.3) is 11.1 Å². The summed E-state index contributed by atoms with van der Waals surface area (Å²) in [5.74, 6) is -3.16.